The zero-order valence-corrected chi connectivity index (χ0v) is 17.8. The fourth-order valence-electron chi connectivity index (χ4n) is 2.80. The van der Waals surface area contributed by atoms with Crippen molar-refractivity contribution in [1.29, 1.82) is 0 Å². The molecule has 1 aromatic heterocycles. The minimum Gasteiger partial charge on any atom is -0.493 e. The molecule has 0 saturated carbocycles. The van der Waals surface area contributed by atoms with Gasteiger partial charge in [-0.2, -0.15) is 15.0 Å². The zero-order chi connectivity index (χ0) is 22.2. The van der Waals surface area contributed by atoms with E-state index in [-0.39, 0.29) is 6.79 Å². The minimum atomic E-state index is -0.580. The van der Waals surface area contributed by atoms with E-state index in [0.29, 0.717) is 23.0 Å². The molecule has 0 fully saturated rings. The lowest BCUT2D eigenvalue weighted by molar-refractivity contribution is -0.144. The lowest BCUT2D eigenvalue weighted by Crippen LogP contribution is -2.08. The van der Waals surface area contributed by atoms with Crippen LogP contribution in [0.1, 0.15) is 24.6 Å². The molecule has 0 radical (unpaired) electrons. The molecule has 8 nitrogen and oxygen atoms in total. The molecule has 1 heterocycles. The van der Waals surface area contributed by atoms with Gasteiger partial charge >= 0.3 is 5.97 Å². The Labute approximate surface area is 181 Å². The highest BCUT2D eigenvalue weighted by molar-refractivity contribution is 5.81. The fourth-order valence-corrected chi connectivity index (χ4v) is 2.80. The van der Waals surface area contributed by atoms with Gasteiger partial charge in [0.05, 0.1) is 24.7 Å². The third-order valence-electron chi connectivity index (χ3n) is 4.41. The second-order valence-corrected chi connectivity index (χ2v) is 6.64. The number of para-hydroxylation sites is 1. The summed E-state index contributed by atoms with van der Waals surface area (Å²) in [5.41, 5.74) is 2.60. The Morgan fingerprint density at radius 1 is 1.19 bits per heavy atom. The van der Waals surface area contributed by atoms with Crippen molar-refractivity contribution in [1.82, 2.24) is 15.0 Å². The lowest BCUT2D eigenvalue weighted by atomic mass is 10.2. The first-order valence-electron chi connectivity index (χ1n) is 9.84. The van der Waals surface area contributed by atoms with Gasteiger partial charge in [-0.3, -0.25) is 0 Å². The molecule has 162 valence electrons. The van der Waals surface area contributed by atoms with Crippen molar-refractivity contribution in [3.05, 3.63) is 66.5 Å². The monoisotopic (exact) mass is 423 g/mol. The van der Waals surface area contributed by atoms with Crippen molar-refractivity contribution < 1.29 is 23.7 Å². The number of hydrogen-bond donors (Lipinski definition) is 0. The maximum atomic E-state index is 11.3. The highest BCUT2D eigenvalue weighted by Crippen LogP contribution is 2.41. The number of ether oxygens (including phenoxy) is 4. The number of carbonyl (C=O) groups is 1. The van der Waals surface area contributed by atoms with Gasteiger partial charge in [0.2, 0.25) is 12.5 Å². The third kappa shape index (κ3) is 5.42. The van der Waals surface area contributed by atoms with Crippen molar-refractivity contribution in [2.75, 3.05) is 13.9 Å². The van der Waals surface area contributed by atoms with E-state index in [0.717, 1.165) is 35.9 Å². The normalized spacial score (nSPS) is 10.4. The molecule has 0 spiro atoms. The highest BCUT2D eigenvalue weighted by Gasteiger charge is 2.16. The van der Waals surface area contributed by atoms with Gasteiger partial charge < -0.3 is 18.9 Å². The fraction of sp³-hybridized carbons (Fsp3) is 0.261. The maximum absolute atomic E-state index is 11.3. The van der Waals surface area contributed by atoms with Crippen LogP contribution < -0.4 is 14.2 Å². The molecule has 0 atom stereocenters. The van der Waals surface area contributed by atoms with Crippen LogP contribution in [0.15, 0.2) is 55.3 Å². The molecule has 0 aliphatic carbocycles. The van der Waals surface area contributed by atoms with E-state index in [4.69, 9.17) is 18.9 Å². The number of aryl methyl sites for hydroxylation is 2. The number of methoxy groups -OCH3 is 1. The van der Waals surface area contributed by atoms with Crippen molar-refractivity contribution in [3.8, 4) is 28.7 Å². The van der Waals surface area contributed by atoms with Gasteiger partial charge in [0, 0.05) is 12.1 Å². The first-order valence-corrected chi connectivity index (χ1v) is 9.84. The predicted molar refractivity (Wildman–Crippen MR) is 115 cm³/mol. The van der Waals surface area contributed by atoms with Crippen LogP contribution in [0.5, 0.6) is 23.0 Å². The summed E-state index contributed by atoms with van der Waals surface area (Å²) >= 11 is 0. The number of aromatic nitrogens is 3. The van der Waals surface area contributed by atoms with Crippen LogP contribution in [-0.2, 0) is 16.0 Å². The van der Waals surface area contributed by atoms with Crippen molar-refractivity contribution >= 4 is 5.97 Å². The number of benzene rings is 2. The van der Waals surface area contributed by atoms with E-state index in [1.54, 1.807) is 29.2 Å². The summed E-state index contributed by atoms with van der Waals surface area (Å²) in [4.78, 5) is 12.8. The van der Waals surface area contributed by atoms with Gasteiger partial charge in [0.15, 0.2) is 11.5 Å². The summed E-state index contributed by atoms with van der Waals surface area (Å²) in [6.07, 6.45) is 4.70. The smallest absolute Gasteiger partial charge is 0.333 e. The van der Waals surface area contributed by atoms with Crippen LogP contribution in [0.3, 0.4) is 0 Å². The van der Waals surface area contributed by atoms with E-state index in [1.165, 1.54) is 7.11 Å². The Morgan fingerprint density at radius 2 is 2.00 bits per heavy atom. The SMILES string of the molecule is C=CC(=O)OCOc1cccc(OC)c1Oc1cc(-n2ncc(CCC)n2)ccc1C. The van der Waals surface area contributed by atoms with Crippen molar-refractivity contribution in [2.24, 2.45) is 0 Å². The van der Waals surface area contributed by atoms with Crippen LogP contribution in [0.25, 0.3) is 5.69 Å². The van der Waals surface area contributed by atoms with Crippen LogP contribution >= 0.6 is 0 Å². The summed E-state index contributed by atoms with van der Waals surface area (Å²) in [6, 6.07) is 10.9. The average molecular weight is 423 g/mol. The van der Waals surface area contributed by atoms with Crippen LogP contribution in [0, 0.1) is 6.92 Å². The molecule has 31 heavy (non-hydrogen) atoms. The van der Waals surface area contributed by atoms with E-state index in [9.17, 15) is 4.79 Å². The van der Waals surface area contributed by atoms with E-state index >= 15 is 0 Å². The van der Waals surface area contributed by atoms with Gasteiger partial charge in [0.25, 0.3) is 0 Å². The van der Waals surface area contributed by atoms with Crippen LogP contribution in [-0.4, -0.2) is 34.9 Å². The van der Waals surface area contributed by atoms with E-state index in [1.807, 2.05) is 25.1 Å². The summed E-state index contributed by atoms with van der Waals surface area (Å²) in [6.45, 7) is 7.10. The van der Waals surface area contributed by atoms with E-state index in [2.05, 4.69) is 23.7 Å². The van der Waals surface area contributed by atoms with Gasteiger partial charge in [-0.15, -0.1) is 0 Å². The molecule has 2 aromatic carbocycles. The van der Waals surface area contributed by atoms with Gasteiger partial charge in [-0.25, -0.2) is 4.79 Å². The summed E-state index contributed by atoms with van der Waals surface area (Å²) in [7, 11) is 1.54. The molecule has 0 aliphatic rings. The standard InChI is InChI=1S/C23H25N3O5/c1-5-8-17-14-24-26(25-17)18-12-11-16(3)21(13-18)31-23-19(28-4)9-7-10-20(23)29-15-30-22(27)6-2/h6-7,9-14H,2,5,8,15H2,1,3-4H3. The first-order chi connectivity index (χ1) is 15.0. The molecular weight excluding hydrogens is 398 g/mol. The Morgan fingerprint density at radius 3 is 2.74 bits per heavy atom. The summed E-state index contributed by atoms with van der Waals surface area (Å²) in [5.74, 6) is 1.20. The highest BCUT2D eigenvalue weighted by atomic mass is 16.7. The summed E-state index contributed by atoms with van der Waals surface area (Å²) < 4.78 is 22.1. The molecule has 8 heteroatoms. The lowest BCUT2D eigenvalue weighted by Gasteiger charge is -2.17. The maximum Gasteiger partial charge on any atom is 0.333 e. The molecule has 0 N–H and O–H groups in total. The van der Waals surface area contributed by atoms with Crippen molar-refractivity contribution in [2.45, 2.75) is 26.7 Å². The number of esters is 1. The van der Waals surface area contributed by atoms with E-state index < -0.39 is 5.97 Å². The van der Waals surface area contributed by atoms with Crippen LogP contribution in [0.2, 0.25) is 0 Å². The first kappa shape index (κ1) is 21.9. The number of rotatable bonds is 10. The Hall–Kier alpha value is -3.81. The zero-order valence-electron chi connectivity index (χ0n) is 17.8. The molecule has 0 unspecified atom stereocenters. The quantitative estimate of drug-likeness (QED) is 0.271. The Bertz CT molecular complexity index is 1060. The predicted octanol–water partition coefficient (Wildman–Crippen LogP) is 4.39. The Balaban J connectivity index is 1.88. The number of nitrogens with zero attached hydrogens (tertiary/aromatic N) is 3. The second kappa shape index (κ2) is 10.3. The van der Waals surface area contributed by atoms with Gasteiger partial charge in [-0.05, 0) is 37.1 Å². The second-order valence-electron chi connectivity index (χ2n) is 6.64. The average Bonchev–Trinajstić information content (AvgIpc) is 3.24. The largest absolute Gasteiger partial charge is 0.493 e. The molecule has 0 aliphatic heterocycles. The van der Waals surface area contributed by atoms with Crippen LogP contribution in [0.4, 0.5) is 0 Å². The molecule has 3 aromatic rings. The van der Waals surface area contributed by atoms with Gasteiger partial charge in [-0.1, -0.05) is 32.1 Å². The third-order valence-corrected chi connectivity index (χ3v) is 4.41. The van der Waals surface area contributed by atoms with Gasteiger partial charge in [0.1, 0.15) is 5.75 Å². The molecule has 0 bridgehead atoms. The number of carbonyl (C=O) groups excluding carboxylic acids is 1. The summed E-state index contributed by atoms with van der Waals surface area (Å²) in [5, 5.41) is 8.85. The molecule has 3 rings (SSSR count). The molecule has 0 saturated heterocycles. The molecule has 0 amide bonds. The van der Waals surface area contributed by atoms with Crippen molar-refractivity contribution in [3.63, 3.8) is 0 Å². The molecular formula is C23H25N3O5. The number of hydrogen-bond acceptors (Lipinski definition) is 7. The topological polar surface area (TPSA) is 84.7 Å². The minimum absolute atomic E-state index is 0.287. The Kier molecular flexibility index (Phi) is 7.26.